The summed E-state index contributed by atoms with van der Waals surface area (Å²) in [5, 5.41) is 0. The van der Waals surface area contributed by atoms with Crippen molar-refractivity contribution in [2.45, 2.75) is 45.4 Å². The highest BCUT2D eigenvalue weighted by molar-refractivity contribution is 7.99. The molecule has 0 aliphatic heterocycles. The third kappa shape index (κ3) is 4.32. The Morgan fingerprint density at radius 2 is 2.36 bits per heavy atom. The number of ketones is 1. The lowest BCUT2D eigenvalue weighted by Gasteiger charge is -2.10. The lowest BCUT2D eigenvalue weighted by atomic mass is 9.97. The van der Waals surface area contributed by atoms with Crippen LogP contribution in [0, 0.1) is 0 Å². The van der Waals surface area contributed by atoms with Crippen LogP contribution in [0.4, 0.5) is 0 Å². The quantitative estimate of drug-likeness (QED) is 0.626. The number of hydrogen-bond donors (Lipinski definition) is 0. The van der Waals surface area contributed by atoms with E-state index in [1.54, 1.807) is 11.8 Å². The summed E-state index contributed by atoms with van der Waals surface area (Å²) in [6.07, 6.45) is 9.21. The SMILES string of the molecule is CCCCSCC(=O)C1=CCCCC1. The Labute approximate surface area is 91.3 Å². The zero-order valence-corrected chi connectivity index (χ0v) is 9.87. The topological polar surface area (TPSA) is 17.1 Å². The molecule has 0 N–H and O–H groups in total. The average molecular weight is 212 g/mol. The number of rotatable bonds is 6. The van der Waals surface area contributed by atoms with Gasteiger partial charge in [0.25, 0.3) is 0 Å². The molecule has 1 aliphatic carbocycles. The number of carbonyl (C=O) groups excluding carboxylic acids is 1. The van der Waals surface area contributed by atoms with Crippen molar-refractivity contribution >= 4 is 17.5 Å². The first-order valence-electron chi connectivity index (χ1n) is 5.64. The Balaban J connectivity index is 2.17. The molecular weight excluding hydrogens is 192 g/mol. The van der Waals surface area contributed by atoms with E-state index in [0.29, 0.717) is 11.5 Å². The summed E-state index contributed by atoms with van der Waals surface area (Å²) >= 11 is 1.79. The van der Waals surface area contributed by atoms with Crippen LogP contribution in [0.2, 0.25) is 0 Å². The van der Waals surface area contributed by atoms with Gasteiger partial charge in [-0.3, -0.25) is 4.79 Å². The minimum absolute atomic E-state index is 0.380. The maximum absolute atomic E-state index is 11.7. The summed E-state index contributed by atoms with van der Waals surface area (Å²) in [5.74, 6) is 2.22. The van der Waals surface area contributed by atoms with Gasteiger partial charge in [0.2, 0.25) is 0 Å². The predicted octanol–water partition coefficient (Wildman–Crippen LogP) is 3.59. The number of allylic oxidation sites excluding steroid dienone is 2. The fraction of sp³-hybridized carbons (Fsp3) is 0.750. The Kier molecular flexibility index (Phi) is 6.00. The first kappa shape index (κ1) is 11.8. The van der Waals surface area contributed by atoms with Crippen LogP contribution in [0.5, 0.6) is 0 Å². The van der Waals surface area contributed by atoms with Gasteiger partial charge in [-0.2, -0.15) is 11.8 Å². The summed E-state index contributed by atoms with van der Waals surface area (Å²) in [5.41, 5.74) is 1.10. The number of thioether (sulfide) groups is 1. The molecule has 0 heterocycles. The van der Waals surface area contributed by atoms with Gasteiger partial charge in [-0.25, -0.2) is 0 Å². The monoisotopic (exact) mass is 212 g/mol. The normalized spacial score (nSPS) is 16.5. The second kappa shape index (κ2) is 7.10. The highest BCUT2D eigenvalue weighted by atomic mass is 32.2. The standard InChI is InChI=1S/C12H20OS/c1-2-3-9-14-10-12(13)11-7-5-4-6-8-11/h7H,2-6,8-10H2,1H3. The molecule has 0 radical (unpaired) electrons. The maximum atomic E-state index is 11.7. The van der Waals surface area contributed by atoms with Crippen LogP contribution < -0.4 is 0 Å². The van der Waals surface area contributed by atoms with Crippen molar-refractivity contribution in [3.63, 3.8) is 0 Å². The molecule has 0 amide bonds. The summed E-state index contributed by atoms with van der Waals surface area (Å²) in [6, 6.07) is 0. The van der Waals surface area contributed by atoms with Crippen molar-refractivity contribution in [2.75, 3.05) is 11.5 Å². The van der Waals surface area contributed by atoms with Crippen molar-refractivity contribution in [3.8, 4) is 0 Å². The number of hydrogen-bond acceptors (Lipinski definition) is 2. The Morgan fingerprint density at radius 3 is 3.00 bits per heavy atom. The molecule has 1 rings (SSSR count). The van der Waals surface area contributed by atoms with E-state index in [2.05, 4.69) is 13.0 Å². The van der Waals surface area contributed by atoms with Crippen molar-refractivity contribution < 1.29 is 4.79 Å². The molecule has 0 bridgehead atoms. The average Bonchev–Trinajstić information content (AvgIpc) is 2.25. The van der Waals surface area contributed by atoms with Crippen molar-refractivity contribution in [1.82, 2.24) is 0 Å². The Hall–Kier alpha value is -0.240. The molecule has 0 aromatic rings. The molecule has 0 fully saturated rings. The summed E-state index contributed by atoms with van der Waals surface area (Å²) in [7, 11) is 0. The summed E-state index contributed by atoms with van der Waals surface area (Å²) < 4.78 is 0. The molecule has 0 spiro atoms. The van der Waals surface area contributed by atoms with Gasteiger partial charge in [0.05, 0.1) is 5.75 Å². The lowest BCUT2D eigenvalue weighted by molar-refractivity contribution is -0.113. The second-order valence-electron chi connectivity index (χ2n) is 3.80. The zero-order valence-electron chi connectivity index (χ0n) is 9.05. The molecule has 14 heavy (non-hydrogen) atoms. The van der Waals surface area contributed by atoms with Gasteiger partial charge in [0, 0.05) is 0 Å². The predicted molar refractivity (Wildman–Crippen MR) is 63.8 cm³/mol. The van der Waals surface area contributed by atoms with E-state index in [4.69, 9.17) is 0 Å². The van der Waals surface area contributed by atoms with E-state index in [-0.39, 0.29) is 0 Å². The van der Waals surface area contributed by atoms with Crippen LogP contribution in [0.15, 0.2) is 11.6 Å². The van der Waals surface area contributed by atoms with Gasteiger partial charge in [-0.05, 0) is 43.4 Å². The van der Waals surface area contributed by atoms with Gasteiger partial charge in [0.15, 0.2) is 5.78 Å². The van der Waals surface area contributed by atoms with E-state index in [9.17, 15) is 4.79 Å². The highest BCUT2D eigenvalue weighted by Gasteiger charge is 2.11. The van der Waals surface area contributed by atoms with Gasteiger partial charge in [-0.1, -0.05) is 19.4 Å². The van der Waals surface area contributed by atoms with E-state index >= 15 is 0 Å². The largest absolute Gasteiger partial charge is 0.294 e. The number of Topliss-reactive ketones (excluding diaryl/α,β-unsaturated/α-hetero) is 1. The lowest BCUT2D eigenvalue weighted by Crippen LogP contribution is -2.08. The minimum atomic E-state index is 0.380. The van der Waals surface area contributed by atoms with E-state index in [0.717, 1.165) is 24.2 Å². The van der Waals surface area contributed by atoms with Gasteiger partial charge < -0.3 is 0 Å². The molecule has 0 atom stereocenters. The van der Waals surface area contributed by atoms with Crippen molar-refractivity contribution in [1.29, 1.82) is 0 Å². The van der Waals surface area contributed by atoms with E-state index < -0.39 is 0 Å². The van der Waals surface area contributed by atoms with Crippen LogP contribution in [0.25, 0.3) is 0 Å². The number of unbranched alkanes of at least 4 members (excludes halogenated alkanes) is 1. The Morgan fingerprint density at radius 1 is 1.50 bits per heavy atom. The highest BCUT2D eigenvalue weighted by Crippen LogP contribution is 2.19. The van der Waals surface area contributed by atoms with Crippen LogP contribution in [-0.2, 0) is 4.79 Å². The van der Waals surface area contributed by atoms with E-state index in [1.807, 2.05) is 0 Å². The fourth-order valence-corrected chi connectivity index (χ4v) is 2.60. The molecule has 80 valence electrons. The molecule has 1 aliphatic rings. The first-order chi connectivity index (χ1) is 6.84. The second-order valence-corrected chi connectivity index (χ2v) is 4.91. The van der Waals surface area contributed by atoms with Gasteiger partial charge in [-0.15, -0.1) is 0 Å². The van der Waals surface area contributed by atoms with Crippen LogP contribution in [0.3, 0.4) is 0 Å². The molecule has 0 saturated heterocycles. The van der Waals surface area contributed by atoms with Gasteiger partial charge in [0.1, 0.15) is 0 Å². The Bertz CT molecular complexity index is 208. The minimum Gasteiger partial charge on any atom is -0.294 e. The molecule has 2 heteroatoms. The van der Waals surface area contributed by atoms with Crippen molar-refractivity contribution in [2.24, 2.45) is 0 Å². The van der Waals surface area contributed by atoms with Crippen molar-refractivity contribution in [3.05, 3.63) is 11.6 Å². The smallest absolute Gasteiger partial charge is 0.168 e. The molecular formula is C12H20OS. The van der Waals surface area contributed by atoms with Crippen LogP contribution >= 0.6 is 11.8 Å². The zero-order chi connectivity index (χ0) is 10.2. The van der Waals surface area contributed by atoms with Gasteiger partial charge >= 0.3 is 0 Å². The number of carbonyl (C=O) groups is 1. The third-order valence-electron chi connectivity index (χ3n) is 2.52. The molecule has 0 unspecified atom stereocenters. The van der Waals surface area contributed by atoms with Crippen LogP contribution in [-0.4, -0.2) is 17.3 Å². The summed E-state index contributed by atoms with van der Waals surface area (Å²) in [4.78, 5) is 11.7. The molecule has 0 saturated carbocycles. The summed E-state index contributed by atoms with van der Waals surface area (Å²) in [6.45, 7) is 2.19. The molecule has 0 aromatic heterocycles. The third-order valence-corrected chi connectivity index (χ3v) is 3.57. The molecule has 1 nitrogen and oxygen atoms in total. The fourth-order valence-electron chi connectivity index (χ4n) is 1.60. The first-order valence-corrected chi connectivity index (χ1v) is 6.80. The molecule has 0 aromatic carbocycles. The van der Waals surface area contributed by atoms with E-state index in [1.165, 1.54) is 25.7 Å². The van der Waals surface area contributed by atoms with Crippen LogP contribution in [0.1, 0.15) is 45.4 Å². The maximum Gasteiger partial charge on any atom is 0.168 e.